The standard InChI is InChI=1S/C14H18O5S/c1-16-7-8-17-12-10-20-13(19-12)9-18-14(15)11-5-3-2-4-6-11/h2-6,12-13H,7-10H2,1H3/t12-,13+/m0/s1. The van der Waals surface area contributed by atoms with Crippen LogP contribution in [0.2, 0.25) is 0 Å². The largest absolute Gasteiger partial charge is 0.458 e. The molecule has 110 valence electrons. The van der Waals surface area contributed by atoms with Crippen LogP contribution in [0.25, 0.3) is 0 Å². The van der Waals surface area contributed by atoms with E-state index in [4.69, 9.17) is 18.9 Å². The minimum absolute atomic E-state index is 0.171. The molecule has 0 unspecified atom stereocenters. The van der Waals surface area contributed by atoms with Gasteiger partial charge in [-0.25, -0.2) is 4.79 Å². The van der Waals surface area contributed by atoms with Gasteiger partial charge in [-0.2, -0.15) is 0 Å². The number of carbonyl (C=O) groups excluding carboxylic acids is 1. The Labute approximate surface area is 122 Å². The van der Waals surface area contributed by atoms with Crippen LogP contribution in [0.3, 0.4) is 0 Å². The van der Waals surface area contributed by atoms with Crippen LogP contribution in [0.1, 0.15) is 10.4 Å². The van der Waals surface area contributed by atoms with Crippen molar-refractivity contribution in [3.63, 3.8) is 0 Å². The van der Waals surface area contributed by atoms with Crippen LogP contribution in [0, 0.1) is 0 Å². The summed E-state index contributed by atoms with van der Waals surface area (Å²) in [6.45, 7) is 1.26. The van der Waals surface area contributed by atoms with Crippen LogP contribution < -0.4 is 0 Å². The molecule has 1 aromatic carbocycles. The molecule has 0 bridgehead atoms. The highest BCUT2D eigenvalue weighted by molar-refractivity contribution is 8.00. The van der Waals surface area contributed by atoms with Gasteiger partial charge >= 0.3 is 5.97 Å². The summed E-state index contributed by atoms with van der Waals surface area (Å²) in [5.74, 6) is 0.399. The summed E-state index contributed by atoms with van der Waals surface area (Å²) in [6.07, 6.45) is -0.254. The summed E-state index contributed by atoms with van der Waals surface area (Å²) in [6, 6.07) is 8.91. The average molecular weight is 298 g/mol. The van der Waals surface area contributed by atoms with E-state index in [1.807, 2.05) is 6.07 Å². The van der Waals surface area contributed by atoms with Gasteiger partial charge in [0.05, 0.1) is 18.8 Å². The second kappa shape index (κ2) is 8.26. The predicted octanol–water partition coefficient (Wildman–Crippen LogP) is 1.92. The molecule has 0 amide bonds. The topological polar surface area (TPSA) is 54.0 Å². The zero-order chi connectivity index (χ0) is 14.2. The third-order valence-corrected chi connectivity index (χ3v) is 3.76. The molecule has 2 atom stereocenters. The minimum atomic E-state index is -0.335. The first-order valence-corrected chi connectivity index (χ1v) is 7.44. The first-order valence-electron chi connectivity index (χ1n) is 6.39. The highest BCUT2D eigenvalue weighted by atomic mass is 32.2. The molecule has 1 saturated heterocycles. The van der Waals surface area contributed by atoms with Gasteiger partial charge in [-0.15, -0.1) is 11.8 Å². The van der Waals surface area contributed by atoms with Crippen LogP contribution in [-0.2, 0) is 18.9 Å². The number of carbonyl (C=O) groups is 1. The quantitative estimate of drug-likeness (QED) is 0.566. The molecule has 1 aromatic rings. The fraction of sp³-hybridized carbons (Fsp3) is 0.500. The van der Waals surface area contributed by atoms with Crippen LogP contribution in [-0.4, -0.2) is 50.4 Å². The van der Waals surface area contributed by atoms with Crippen molar-refractivity contribution in [1.82, 2.24) is 0 Å². The highest BCUT2D eigenvalue weighted by Gasteiger charge is 2.27. The molecular weight excluding hydrogens is 280 g/mol. The van der Waals surface area contributed by atoms with E-state index in [1.54, 1.807) is 43.1 Å². The Hall–Kier alpha value is -1.08. The third-order valence-electron chi connectivity index (χ3n) is 2.67. The molecular formula is C14H18O5S. The van der Waals surface area contributed by atoms with Crippen LogP contribution in [0.15, 0.2) is 30.3 Å². The lowest BCUT2D eigenvalue weighted by Crippen LogP contribution is -2.21. The van der Waals surface area contributed by atoms with Crippen molar-refractivity contribution in [3.05, 3.63) is 35.9 Å². The first kappa shape index (κ1) is 15.3. The monoisotopic (exact) mass is 298 g/mol. The van der Waals surface area contributed by atoms with Gasteiger partial charge in [-0.3, -0.25) is 0 Å². The number of hydrogen-bond acceptors (Lipinski definition) is 6. The van der Waals surface area contributed by atoms with Gasteiger partial charge in [-0.05, 0) is 12.1 Å². The maximum absolute atomic E-state index is 11.8. The van der Waals surface area contributed by atoms with Gasteiger partial charge in [-0.1, -0.05) is 18.2 Å². The van der Waals surface area contributed by atoms with Gasteiger partial charge in [0.2, 0.25) is 0 Å². The lowest BCUT2D eigenvalue weighted by molar-refractivity contribution is -0.139. The number of esters is 1. The molecule has 0 aliphatic carbocycles. The molecule has 20 heavy (non-hydrogen) atoms. The van der Waals surface area contributed by atoms with E-state index in [-0.39, 0.29) is 24.3 Å². The van der Waals surface area contributed by atoms with Crippen LogP contribution >= 0.6 is 11.8 Å². The Bertz CT molecular complexity index is 411. The number of benzene rings is 1. The number of ether oxygens (including phenoxy) is 4. The summed E-state index contributed by atoms with van der Waals surface area (Å²) in [5.41, 5.74) is 0.374. The summed E-state index contributed by atoms with van der Waals surface area (Å²) in [4.78, 5) is 11.8. The van der Waals surface area contributed by atoms with Gasteiger partial charge in [0.1, 0.15) is 12.0 Å². The molecule has 6 heteroatoms. The number of hydrogen-bond donors (Lipinski definition) is 0. The zero-order valence-corrected chi connectivity index (χ0v) is 12.1. The Balaban J connectivity index is 1.67. The summed E-state index contributed by atoms with van der Waals surface area (Å²) >= 11 is 1.58. The van der Waals surface area contributed by atoms with Crippen molar-refractivity contribution >= 4 is 17.7 Å². The van der Waals surface area contributed by atoms with E-state index < -0.39 is 0 Å². The molecule has 0 aromatic heterocycles. The lowest BCUT2D eigenvalue weighted by Gasteiger charge is -2.13. The Morgan fingerprint density at radius 1 is 1.35 bits per heavy atom. The predicted molar refractivity (Wildman–Crippen MR) is 75.7 cm³/mol. The molecule has 0 N–H and O–H groups in total. The van der Waals surface area contributed by atoms with Crippen molar-refractivity contribution in [1.29, 1.82) is 0 Å². The fourth-order valence-corrected chi connectivity index (χ4v) is 2.59. The van der Waals surface area contributed by atoms with Crippen molar-refractivity contribution < 1.29 is 23.7 Å². The SMILES string of the molecule is COCCO[C@@H]1CS[C@H](COC(=O)c2ccccc2)O1. The van der Waals surface area contributed by atoms with E-state index in [0.717, 1.165) is 5.75 Å². The summed E-state index contributed by atoms with van der Waals surface area (Å²) < 4.78 is 21.2. The Morgan fingerprint density at radius 2 is 2.15 bits per heavy atom. The van der Waals surface area contributed by atoms with E-state index in [0.29, 0.717) is 18.8 Å². The maximum atomic E-state index is 11.8. The smallest absolute Gasteiger partial charge is 0.338 e. The van der Waals surface area contributed by atoms with Crippen molar-refractivity contribution in [3.8, 4) is 0 Å². The second-order valence-corrected chi connectivity index (χ2v) is 5.35. The van der Waals surface area contributed by atoms with E-state index >= 15 is 0 Å². The molecule has 0 saturated carbocycles. The van der Waals surface area contributed by atoms with Crippen LogP contribution in [0.5, 0.6) is 0 Å². The first-order chi connectivity index (χ1) is 9.79. The molecule has 2 rings (SSSR count). The second-order valence-electron chi connectivity index (χ2n) is 4.16. The third kappa shape index (κ3) is 4.79. The van der Waals surface area contributed by atoms with Gasteiger partial charge in [0.25, 0.3) is 0 Å². The van der Waals surface area contributed by atoms with Crippen molar-refractivity contribution in [2.45, 2.75) is 11.7 Å². The maximum Gasteiger partial charge on any atom is 0.338 e. The molecule has 5 nitrogen and oxygen atoms in total. The number of rotatable bonds is 7. The van der Waals surface area contributed by atoms with Crippen LogP contribution in [0.4, 0.5) is 0 Å². The normalized spacial score (nSPS) is 21.9. The van der Waals surface area contributed by atoms with Gasteiger partial charge in [0, 0.05) is 12.9 Å². The zero-order valence-electron chi connectivity index (χ0n) is 11.3. The molecule has 0 radical (unpaired) electrons. The van der Waals surface area contributed by atoms with E-state index in [2.05, 4.69) is 0 Å². The van der Waals surface area contributed by atoms with Crippen molar-refractivity contribution in [2.24, 2.45) is 0 Å². The fourth-order valence-electron chi connectivity index (χ4n) is 1.67. The van der Waals surface area contributed by atoms with Crippen molar-refractivity contribution in [2.75, 3.05) is 32.7 Å². The molecule has 1 aliphatic rings. The van der Waals surface area contributed by atoms with Gasteiger partial charge < -0.3 is 18.9 Å². The van der Waals surface area contributed by atoms with E-state index in [1.165, 1.54) is 0 Å². The number of thioether (sulfide) groups is 1. The summed E-state index contributed by atoms with van der Waals surface area (Å²) in [5, 5.41) is 0. The Kier molecular flexibility index (Phi) is 6.32. The average Bonchev–Trinajstić information content (AvgIpc) is 2.94. The molecule has 1 fully saturated rings. The molecule has 0 spiro atoms. The molecule has 1 aliphatic heterocycles. The minimum Gasteiger partial charge on any atom is -0.458 e. The number of methoxy groups -OCH3 is 1. The molecule has 1 heterocycles. The summed E-state index contributed by atoms with van der Waals surface area (Å²) in [7, 11) is 1.62. The Morgan fingerprint density at radius 3 is 2.90 bits per heavy atom. The van der Waals surface area contributed by atoms with Gasteiger partial charge in [0.15, 0.2) is 6.29 Å². The highest BCUT2D eigenvalue weighted by Crippen LogP contribution is 2.26. The lowest BCUT2D eigenvalue weighted by atomic mass is 10.2. The van der Waals surface area contributed by atoms with E-state index in [9.17, 15) is 4.79 Å².